The van der Waals surface area contributed by atoms with E-state index in [4.69, 9.17) is 4.74 Å². The van der Waals surface area contributed by atoms with E-state index in [1.807, 2.05) is 0 Å². The molecule has 1 saturated heterocycles. The van der Waals surface area contributed by atoms with Crippen molar-refractivity contribution in [2.24, 2.45) is 0 Å². The van der Waals surface area contributed by atoms with Crippen LogP contribution in [0.3, 0.4) is 0 Å². The van der Waals surface area contributed by atoms with E-state index in [0.717, 1.165) is 19.7 Å². The Kier molecular flexibility index (Phi) is 6.22. The van der Waals surface area contributed by atoms with Crippen LogP contribution in [0.4, 0.5) is 0 Å². The largest absolute Gasteiger partial charge is 0.377 e. The first-order valence-electron chi connectivity index (χ1n) is 6.29. The van der Waals surface area contributed by atoms with E-state index >= 15 is 0 Å². The molecule has 0 aromatic rings. The number of piperidine rings is 1. The molecule has 3 nitrogen and oxygen atoms in total. The molecule has 0 radical (unpaired) electrons. The fourth-order valence-electron chi connectivity index (χ4n) is 2.13. The minimum Gasteiger partial charge on any atom is -0.377 e. The van der Waals surface area contributed by atoms with Gasteiger partial charge in [-0.3, -0.25) is 4.90 Å². The molecule has 1 unspecified atom stereocenters. The number of nitrogens with one attached hydrogen (secondary N) is 1. The van der Waals surface area contributed by atoms with E-state index in [-0.39, 0.29) is 0 Å². The van der Waals surface area contributed by atoms with Crippen molar-refractivity contribution in [3.63, 3.8) is 0 Å². The number of nitrogens with zero attached hydrogens (tertiary/aromatic N) is 1. The summed E-state index contributed by atoms with van der Waals surface area (Å²) in [7, 11) is 0. The molecule has 0 aromatic heterocycles. The van der Waals surface area contributed by atoms with Crippen molar-refractivity contribution in [2.45, 2.75) is 45.8 Å². The maximum Gasteiger partial charge on any atom is 0.0596 e. The summed E-state index contributed by atoms with van der Waals surface area (Å²) >= 11 is 0. The third-order valence-electron chi connectivity index (χ3n) is 2.86. The van der Waals surface area contributed by atoms with E-state index in [9.17, 15) is 0 Å². The quantitative estimate of drug-likeness (QED) is 0.725. The van der Waals surface area contributed by atoms with Gasteiger partial charge in [0.2, 0.25) is 0 Å². The Bertz CT molecular complexity index is 160. The Morgan fingerprint density at radius 2 is 2.27 bits per heavy atom. The van der Waals surface area contributed by atoms with Gasteiger partial charge in [0.05, 0.1) is 12.7 Å². The van der Waals surface area contributed by atoms with Crippen LogP contribution in [0.15, 0.2) is 0 Å². The van der Waals surface area contributed by atoms with Gasteiger partial charge in [-0.1, -0.05) is 6.92 Å². The summed E-state index contributed by atoms with van der Waals surface area (Å²) < 4.78 is 5.58. The molecule has 1 rings (SSSR count). The van der Waals surface area contributed by atoms with Gasteiger partial charge >= 0.3 is 0 Å². The van der Waals surface area contributed by atoms with Gasteiger partial charge in [-0.2, -0.15) is 0 Å². The fourth-order valence-corrected chi connectivity index (χ4v) is 2.13. The normalized spacial score (nSPS) is 23.6. The predicted molar refractivity (Wildman–Crippen MR) is 64.2 cm³/mol. The van der Waals surface area contributed by atoms with Crippen molar-refractivity contribution >= 4 is 0 Å². The van der Waals surface area contributed by atoms with E-state index in [0.29, 0.717) is 12.1 Å². The summed E-state index contributed by atoms with van der Waals surface area (Å²) in [5.74, 6) is 0. The molecule has 1 atom stereocenters. The molecule has 1 N–H and O–H groups in total. The zero-order chi connectivity index (χ0) is 11.1. The van der Waals surface area contributed by atoms with Gasteiger partial charge in [0.25, 0.3) is 0 Å². The molecule has 0 saturated carbocycles. The third-order valence-corrected chi connectivity index (χ3v) is 2.86. The van der Waals surface area contributed by atoms with Crippen molar-refractivity contribution in [1.82, 2.24) is 10.2 Å². The van der Waals surface area contributed by atoms with Crippen molar-refractivity contribution in [3.8, 4) is 0 Å². The average molecular weight is 214 g/mol. The molecular weight excluding hydrogens is 188 g/mol. The molecule has 15 heavy (non-hydrogen) atoms. The van der Waals surface area contributed by atoms with Gasteiger partial charge in [-0.05, 0) is 39.8 Å². The summed E-state index contributed by atoms with van der Waals surface area (Å²) in [6, 6.07) is 0.697. The van der Waals surface area contributed by atoms with Gasteiger partial charge in [0, 0.05) is 19.1 Å². The second-order valence-corrected chi connectivity index (χ2v) is 4.62. The van der Waals surface area contributed by atoms with E-state index in [1.165, 1.54) is 25.9 Å². The van der Waals surface area contributed by atoms with E-state index in [1.54, 1.807) is 0 Å². The van der Waals surface area contributed by atoms with Crippen LogP contribution in [0.2, 0.25) is 0 Å². The molecule has 90 valence electrons. The standard InChI is InChI=1S/C12H26N2O/c1-4-13-12-6-5-7-14(10-12)8-9-15-11(2)3/h11-13H,4-10H2,1-3H3. The molecule has 0 aromatic carbocycles. The van der Waals surface area contributed by atoms with Crippen molar-refractivity contribution in [1.29, 1.82) is 0 Å². The lowest BCUT2D eigenvalue weighted by Gasteiger charge is -2.33. The second kappa shape index (κ2) is 7.20. The lowest BCUT2D eigenvalue weighted by atomic mass is 10.1. The highest BCUT2D eigenvalue weighted by Gasteiger charge is 2.18. The molecule has 0 amide bonds. The monoisotopic (exact) mass is 214 g/mol. The van der Waals surface area contributed by atoms with Crippen molar-refractivity contribution < 1.29 is 4.74 Å². The molecule has 1 fully saturated rings. The summed E-state index contributed by atoms with van der Waals surface area (Å²) in [5, 5.41) is 3.53. The molecular formula is C12H26N2O. The Morgan fingerprint density at radius 1 is 1.47 bits per heavy atom. The predicted octanol–water partition coefficient (Wildman–Crippen LogP) is 1.49. The van der Waals surface area contributed by atoms with Gasteiger partial charge in [0.15, 0.2) is 0 Å². The highest BCUT2D eigenvalue weighted by molar-refractivity contribution is 4.77. The first-order chi connectivity index (χ1) is 7.22. The van der Waals surface area contributed by atoms with Crippen LogP contribution in [-0.2, 0) is 4.74 Å². The first-order valence-corrected chi connectivity index (χ1v) is 6.29. The third kappa shape index (κ3) is 5.50. The minimum atomic E-state index is 0.361. The zero-order valence-corrected chi connectivity index (χ0v) is 10.5. The smallest absolute Gasteiger partial charge is 0.0596 e. The van der Waals surface area contributed by atoms with Crippen LogP contribution in [0.1, 0.15) is 33.6 Å². The maximum absolute atomic E-state index is 5.58. The summed E-state index contributed by atoms with van der Waals surface area (Å²) in [5.41, 5.74) is 0. The molecule has 0 aliphatic carbocycles. The Morgan fingerprint density at radius 3 is 2.93 bits per heavy atom. The lowest BCUT2D eigenvalue weighted by Crippen LogP contribution is -2.46. The highest BCUT2D eigenvalue weighted by Crippen LogP contribution is 2.09. The van der Waals surface area contributed by atoms with Crippen LogP contribution >= 0.6 is 0 Å². The van der Waals surface area contributed by atoms with Crippen molar-refractivity contribution in [3.05, 3.63) is 0 Å². The Balaban J connectivity index is 2.12. The Hall–Kier alpha value is -0.120. The van der Waals surface area contributed by atoms with Gasteiger partial charge in [-0.25, -0.2) is 0 Å². The van der Waals surface area contributed by atoms with E-state index in [2.05, 4.69) is 31.0 Å². The zero-order valence-electron chi connectivity index (χ0n) is 10.5. The minimum absolute atomic E-state index is 0.361. The van der Waals surface area contributed by atoms with Gasteiger partial charge < -0.3 is 10.1 Å². The number of hydrogen-bond acceptors (Lipinski definition) is 3. The van der Waals surface area contributed by atoms with Gasteiger partial charge in [-0.15, -0.1) is 0 Å². The maximum atomic E-state index is 5.58. The lowest BCUT2D eigenvalue weighted by molar-refractivity contribution is 0.0516. The van der Waals surface area contributed by atoms with Gasteiger partial charge in [0.1, 0.15) is 0 Å². The molecule has 3 heteroatoms. The number of hydrogen-bond donors (Lipinski definition) is 1. The molecule has 1 aliphatic rings. The van der Waals surface area contributed by atoms with Crippen LogP contribution in [0.25, 0.3) is 0 Å². The topological polar surface area (TPSA) is 24.5 Å². The van der Waals surface area contributed by atoms with Crippen molar-refractivity contribution in [2.75, 3.05) is 32.8 Å². The summed E-state index contributed by atoms with van der Waals surface area (Å²) in [6.07, 6.45) is 3.01. The number of likely N-dealkylation sites (N-methyl/N-ethyl adjacent to an activating group) is 1. The van der Waals surface area contributed by atoms with E-state index < -0.39 is 0 Å². The fraction of sp³-hybridized carbons (Fsp3) is 1.00. The molecule has 1 aliphatic heterocycles. The van der Waals surface area contributed by atoms with Crippen LogP contribution < -0.4 is 5.32 Å². The second-order valence-electron chi connectivity index (χ2n) is 4.62. The molecule has 0 spiro atoms. The summed E-state index contributed by atoms with van der Waals surface area (Å²) in [6.45, 7) is 11.8. The number of rotatable bonds is 6. The SMILES string of the molecule is CCNC1CCCN(CCOC(C)C)C1. The number of ether oxygens (including phenoxy) is 1. The Labute approximate surface area is 94.2 Å². The average Bonchev–Trinajstić information content (AvgIpc) is 2.18. The first kappa shape index (κ1) is 12.9. The summed E-state index contributed by atoms with van der Waals surface area (Å²) in [4.78, 5) is 2.51. The van der Waals surface area contributed by atoms with Crippen LogP contribution in [0, 0.1) is 0 Å². The number of likely N-dealkylation sites (tertiary alicyclic amines) is 1. The highest BCUT2D eigenvalue weighted by atomic mass is 16.5. The van der Waals surface area contributed by atoms with Crippen LogP contribution in [0.5, 0.6) is 0 Å². The molecule has 1 heterocycles. The molecule has 0 bridgehead atoms. The van der Waals surface area contributed by atoms with Crippen LogP contribution in [-0.4, -0.2) is 49.8 Å².